The highest BCUT2D eigenvalue weighted by atomic mass is 79.9. The lowest BCUT2D eigenvalue weighted by atomic mass is 9.98. The van der Waals surface area contributed by atoms with Gasteiger partial charge in [0.25, 0.3) is 0 Å². The summed E-state index contributed by atoms with van der Waals surface area (Å²) in [6.45, 7) is 2.37. The summed E-state index contributed by atoms with van der Waals surface area (Å²) < 4.78 is 10.6. The van der Waals surface area contributed by atoms with Gasteiger partial charge in [-0.25, -0.2) is 0 Å². The number of carbonyl (C=O) groups is 1. The monoisotopic (exact) mass is 364 g/mol. The fraction of sp³-hybridized carbons (Fsp3) is 0.389. The predicted octanol–water partition coefficient (Wildman–Crippen LogP) is 4.67. The molecule has 0 aliphatic heterocycles. The smallest absolute Gasteiger partial charge is 0.313 e. The SMILES string of the molecule is COc1ccc2cc(C(C)C(=O)OCCCCBr)ccc2c1. The van der Waals surface area contributed by atoms with E-state index in [1.54, 1.807) is 7.11 Å². The normalized spacial score (nSPS) is 12.1. The van der Waals surface area contributed by atoms with Crippen molar-refractivity contribution in [1.29, 1.82) is 0 Å². The number of ether oxygens (including phenoxy) is 2. The number of fused-ring (bicyclic) bond motifs is 1. The molecule has 0 bridgehead atoms. The molecule has 118 valence electrons. The van der Waals surface area contributed by atoms with Crippen molar-refractivity contribution in [3.05, 3.63) is 42.0 Å². The van der Waals surface area contributed by atoms with Crippen molar-refractivity contribution in [2.75, 3.05) is 19.0 Å². The minimum Gasteiger partial charge on any atom is -0.497 e. The Labute approximate surface area is 139 Å². The van der Waals surface area contributed by atoms with E-state index >= 15 is 0 Å². The zero-order chi connectivity index (χ0) is 15.9. The molecule has 0 aromatic heterocycles. The minimum atomic E-state index is -0.254. The molecule has 0 heterocycles. The van der Waals surface area contributed by atoms with Crippen LogP contribution in [0.5, 0.6) is 5.75 Å². The highest BCUT2D eigenvalue weighted by molar-refractivity contribution is 9.09. The molecule has 0 aliphatic rings. The lowest BCUT2D eigenvalue weighted by Crippen LogP contribution is -2.14. The van der Waals surface area contributed by atoms with Crippen LogP contribution in [-0.2, 0) is 9.53 Å². The van der Waals surface area contributed by atoms with Gasteiger partial charge >= 0.3 is 5.97 Å². The number of carbonyl (C=O) groups excluding carboxylic acids is 1. The van der Waals surface area contributed by atoms with E-state index in [9.17, 15) is 4.79 Å². The molecule has 1 unspecified atom stereocenters. The summed E-state index contributed by atoms with van der Waals surface area (Å²) in [5.41, 5.74) is 0.975. The molecule has 0 saturated heterocycles. The molecular weight excluding hydrogens is 344 g/mol. The average molecular weight is 365 g/mol. The first-order valence-corrected chi connectivity index (χ1v) is 8.58. The number of rotatable bonds is 7. The van der Waals surface area contributed by atoms with Crippen LogP contribution >= 0.6 is 15.9 Å². The molecule has 0 N–H and O–H groups in total. The number of methoxy groups -OCH3 is 1. The second kappa shape index (κ2) is 8.18. The van der Waals surface area contributed by atoms with Crippen LogP contribution in [0, 0.1) is 0 Å². The molecule has 1 atom stereocenters. The number of unbranched alkanes of at least 4 members (excludes halogenated alkanes) is 1. The van der Waals surface area contributed by atoms with Gasteiger partial charge in [-0.05, 0) is 48.2 Å². The standard InChI is InChI=1S/C18H21BrO3/c1-13(18(20)22-10-4-3-9-19)14-5-6-16-12-17(21-2)8-7-15(16)11-14/h5-8,11-13H,3-4,9-10H2,1-2H3. The molecule has 4 heteroatoms. The summed E-state index contributed by atoms with van der Waals surface area (Å²) >= 11 is 3.37. The van der Waals surface area contributed by atoms with Crippen molar-refractivity contribution in [3.8, 4) is 5.75 Å². The number of alkyl halides is 1. The van der Waals surface area contributed by atoms with Crippen molar-refractivity contribution < 1.29 is 14.3 Å². The number of halogens is 1. The Balaban J connectivity index is 2.07. The van der Waals surface area contributed by atoms with Crippen LogP contribution in [0.15, 0.2) is 36.4 Å². The third-order valence-corrected chi connectivity index (χ3v) is 4.26. The van der Waals surface area contributed by atoms with Crippen molar-refractivity contribution in [3.63, 3.8) is 0 Å². The molecule has 0 spiro atoms. The van der Waals surface area contributed by atoms with E-state index in [2.05, 4.69) is 15.9 Å². The first kappa shape index (κ1) is 16.8. The van der Waals surface area contributed by atoms with Gasteiger partial charge in [0.1, 0.15) is 5.75 Å². The van der Waals surface area contributed by atoms with Crippen LogP contribution in [0.1, 0.15) is 31.2 Å². The predicted molar refractivity (Wildman–Crippen MR) is 92.9 cm³/mol. The summed E-state index contributed by atoms with van der Waals surface area (Å²) in [7, 11) is 1.66. The van der Waals surface area contributed by atoms with Crippen LogP contribution in [0.2, 0.25) is 0 Å². The van der Waals surface area contributed by atoms with Gasteiger partial charge in [-0.15, -0.1) is 0 Å². The van der Waals surface area contributed by atoms with Crippen LogP contribution in [-0.4, -0.2) is 25.0 Å². The van der Waals surface area contributed by atoms with Crippen LogP contribution in [0.25, 0.3) is 10.8 Å². The molecular formula is C18H21BrO3. The van der Waals surface area contributed by atoms with E-state index in [-0.39, 0.29) is 11.9 Å². The Morgan fingerprint density at radius 1 is 1.14 bits per heavy atom. The van der Waals surface area contributed by atoms with Crippen molar-refractivity contribution in [2.24, 2.45) is 0 Å². The highest BCUT2D eigenvalue weighted by Crippen LogP contribution is 2.25. The third kappa shape index (κ3) is 4.23. The summed E-state index contributed by atoms with van der Waals surface area (Å²) in [6.07, 6.45) is 1.90. The maximum Gasteiger partial charge on any atom is 0.313 e. The van der Waals surface area contributed by atoms with Crippen LogP contribution < -0.4 is 4.74 Å². The summed E-state index contributed by atoms with van der Waals surface area (Å²) in [4.78, 5) is 12.1. The number of hydrogen-bond acceptors (Lipinski definition) is 3. The van der Waals surface area contributed by atoms with E-state index < -0.39 is 0 Å². The highest BCUT2D eigenvalue weighted by Gasteiger charge is 2.17. The van der Waals surface area contributed by atoms with E-state index in [0.29, 0.717) is 6.61 Å². The van der Waals surface area contributed by atoms with Crippen molar-refractivity contribution in [1.82, 2.24) is 0 Å². The van der Waals surface area contributed by atoms with E-state index in [4.69, 9.17) is 9.47 Å². The van der Waals surface area contributed by atoms with Gasteiger partial charge in [-0.3, -0.25) is 4.79 Å². The molecule has 0 fully saturated rings. The molecule has 2 aromatic rings. The van der Waals surface area contributed by atoms with Gasteiger partial charge < -0.3 is 9.47 Å². The van der Waals surface area contributed by atoms with Gasteiger partial charge in [-0.2, -0.15) is 0 Å². The maximum atomic E-state index is 12.1. The third-order valence-electron chi connectivity index (χ3n) is 3.70. The van der Waals surface area contributed by atoms with Crippen LogP contribution in [0.3, 0.4) is 0 Å². The van der Waals surface area contributed by atoms with Crippen LogP contribution in [0.4, 0.5) is 0 Å². The molecule has 0 saturated carbocycles. The maximum absolute atomic E-state index is 12.1. The van der Waals surface area contributed by atoms with Gasteiger partial charge in [-0.1, -0.05) is 40.2 Å². The fourth-order valence-electron chi connectivity index (χ4n) is 2.27. The zero-order valence-corrected chi connectivity index (χ0v) is 14.6. The van der Waals surface area contributed by atoms with E-state index in [1.165, 1.54) is 0 Å². The van der Waals surface area contributed by atoms with Crippen molar-refractivity contribution in [2.45, 2.75) is 25.7 Å². The molecule has 0 aliphatic carbocycles. The second-order valence-corrected chi connectivity index (χ2v) is 6.05. The quantitative estimate of drug-likeness (QED) is 0.406. The van der Waals surface area contributed by atoms with Gasteiger partial charge in [0.05, 0.1) is 19.6 Å². The second-order valence-electron chi connectivity index (χ2n) is 5.26. The van der Waals surface area contributed by atoms with E-state index in [1.807, 2.05) is 43.3 Å². The minimum absolute atomic E-state index is 0.164. The molecule has 2 aromatic carbocycles. The topological polar surface area (TPSA) is 35.5 Å². The Morgan fingerprint density at radius 3 is 2.59 bits per heavy atom. The lowest BCUT2D eigenvalue weighted by molar-refractivity contribution is -0.145. The zero-order valence-electron chi connectivity index (χ0n) is 13.0. The molecule has 2 rings (SSSR count). The average Bonchev–Trinajstić information content (AvgIpc) is 2.56. The molecule has 0 radical (unpaired) electrons. The molecule has 3 nitrogen and oxygen atoms in total. The van der Waals surface area contributed by atoms with Crippen molar-refractivity contribution >= 4 is 32.7 Å². The lowest BCUT2D eigenvalue weighted by Gasteiger charge is -2.13. The van der Waals surface area contributed by atoms with Gasteiger partial charge in [0.15, 0.2) is 0 Å². The number of hydrogen-bond donors (Lipinski definition) is 0. The Kier molecular flexibility index (Phi) is 6.25. The Morgan fingerprint density at radius 2 is 1.86 bits per heavy atom. The molecule has 0 amide bonds. The summed E-state index contributed by atoms with van der Waals surface area (Å²) in [6, 6.07) is 12.0. The number of esters is 1. The fourth-order valence-corrected chi connectivity index (χ4v) is 2.67. The Hall–Kier alpha value is -1.55. The van der Waals surface area contributed by atoms with Gasteiger partial charge in [0, 0.05) is 5.33 Å². The first-order chi connectivity index (χ1) is 10.7. The van der Waals surface area contributed by atoms with Gasteiger partial charge in [0.2, 0.25) is 0 Å². The Bertz CT molecular complexity index is 639. The molecule has 22 heavy (non-hydrogen) atoms. The largest absolute Gasteiger partial charge is 0.497 e. The first-order valence-electron chi connectivity index (χ1n) is 7.46. The summed E-state index contributed by atoms with van der Waals surface area (Å²) in [5, 5.41) is 3.13. The van der Waals surface area contributed by atoms with E-state index in [0.717, 1.165) is 40.3 Å². The summed E-state index contributed by atoms with van der Waals surface area (Å²) in [5.74, 6) is 0.414. The number of benzene rings is 2.